The van der Waals surface area contributed by atoms with Gasteiger partial charge in [0.15, 0.2) is 5.65 Å². The summed E-state index contributed by atoms with van der Waals surface area (Å²) in [6.45, 7) is 0. The molecular formula is C28H18N6O. The molecule has 3 aromatic carbocycles. The van der Waals surface area contributed by atoms with Crippen molar-refractivity contribution < 1.29 is 4.74 Å². The molecule has 166 valence electrons. The van der Waals surface area contributed by atoms with Crippen LogP contribution in [0.4, 0.5) is 5.82 Å². The minimum Gasteiger partial charge on any atom is -0.497 e. The van der Waals surface area contributed by atoms with Crippen molar-refractivity contribution in [3.8, 4) is 40.3 Å². The highest BCUT2D eigenvalue weighted by atomic mass is 16.5. The first-order chi connectivity index (χ1) is 17.2. The number of fused-ring (bicyclic) bond motifs is 4. The molecule has 3 aromatic heterocycles. The number of nitrogens with one attached hydrogen (secondary N) is 1. The third-order valence-corrected chi connectivity index (χ3v) is 6.34. The van der Waals surface area contributed by atoms with Crippen LogP contribution in [0.2, 0.25) is 0 Å². The molecule has 0 fully saturated rings. The SMILES string of the molecule is COc1ccc(-c2[nH]c3ccccc3c2-c2c(C#N)c(N)n3c(nc4ccccc43)c2C#N)cc1. The molecule has 0 bridgehead atoms. The quantitative estimate of drug-likeness (QED) is 0.359. The molecule has 0 aliphatic rings. The Balaban J connectivity index is 1.80. The number of pyridine rings is 1. The molecule has 0 saturated heterocycles. The number of rotatable bonds is 3. The van der Waals surface area contributed by atoms with Crippen molar-refractivity contribution in [2.24, 2.45) is 0 Å². The van der Waals surface area contributed by atoms with Crippen LogP contribution in [0.25, 0.3) is 50.0 Å². The van der Waals surface area contributed by atoms with Gasteiger partial charge >= 0.3 is 0 Å². The predicted molar refractivity (Wildman–Crippen MR) is 136 cm³/mol. The fraction of sp³-hybridized carbons (Fsp3) is 0.0357. The summed E-state index contributed by atoms with van der Waals surface area (Å²) in [5.41, 5.74) is 12.8. The maximum atomic E-state index is 10.4. The molecule has 0 spiro atoms. The summed E-state index contributed by atoms with van der Waals surface area (Å²) in [6.07, 6.45) is 0. The summed E-state index contributed by atoms with van der Waals surface area (Å²) >= 11 is 0. The maximum Gasteiger partial charge on any atom is 0.158 e. The Hall–Kier alpha value is -5.27. The first-order valence-electron chi connectivity index (χ1n) is 10.9. The fourth-order valence-electron chi connectivity index (χ4n) is 4.76. The number of imidazole rings is 1. The average molecular weight is 454 g/mol. The van der Waals surface area contributed by atoms with Crippen LogP contribution in [0, 0.1) is 22.7 Å². The van der Waals surface area contributed by atoms with E-state index in [-0.39, 0.29) is 11.4 Å². The Morgan fingerprint density at radius 1 is 0.886 bits per heavy atom. The van der Waals surface area contributed by atoms with Gasteiger partial charge in [0, 0.05) is 22.0 Å². The van der Waals surface area contributed by atoms with Crippen molar-refractivity contribution in [3.63, 3.8) is 0 Å². The molecule has 6 rings (SSSR count). The number of H-pyrrole nitrogens is 1. The van der Waals surface area contributed by atoms with Gasteiger partial charge in [0.1, 0.15) is 34.8 Å². The number of methoxy groups -OCH3 is 1. The number of nitriles is 2. The van der Waals surface area contributed by atoms with E-state index in [0.29, 0.717) is 22.3 Å². The number of nitrogens with two attached hydrogens (primary N) is 1. The lowest BCUT2D eigenvalue weighted by Crippen LogP contribution is -2.06. The lowest BCUT2D eigenvalue weighted by atomic mass is 9.92. The number of aromatic amines is 1. The molecule has 35 heavy (non-hydrogen) atoms. The maximum absolute atomic E-state index is 10.4. The van der Waals surface area contributed by atoms with Crippen LogP contribution in [0.15, 0.2) is 72.8 Å². The van der Waals surface area contributed by atoms with Crippen LogP contribution >= 0.6 is 0 Å². The first kappa shape index (κ1) is 20.3. The smallest absolute Gasteiger partial charge is 0.158 e. The highest BCUT2D eigenvalue weighted by molar-refractivity contribution is 6.08. The van der Waals surface area contributed by atoms with E-state index in [1.165, 1.54) is 0 Å². The average Bonchev–Trinajstić information content (AvgIpc) is 3.47. The third-order valence-electron chi connectivity index (χ3n) is 6.34. The second kappa shape index (κ2) is 7.65. The number of hydrogen-bond donors (Lipinski definition) is 2. The van der Waals surface area contributed by atoms with Gasteiger partial charge in [-0.3, -0.25) is 4.40 Å². The van der Waals surface area contributed by atoms with E-state index >= 15 is 0 Å². The molecule has 0 aliphatic heterocycles. The van der Waals surface area contributed by atoms with Gasteiger partial charge in [-0.15, -0.1) is 0 Å². The number of ether oxygens (including phenoxy) is 1. The van der Waals surface area contributed by atoms with Crippen LogP contribution in [0.5, 0.6) is 5.75 Å². The van der Waals surface area contributed by atoms with Gasteiger partial charge in [-0.25, -0.2) is 4.98 Å². The summed E-state index contributed by atoms with van der Waals surface area (Å²) in [4.78, 5) is 8.21. The molecule has 0 aliphatic carbocycles. The lowest BCUT2D eigenvalue weighted by Gasteiger charge is -2.14. The summed E-state index contributed by atoms with van der Waals surface area (Å²) in [6, 6.07) is 27.5. The molecule has 0 radical (unpaired) electrons. The molecule has 0 saturated carbocycles. The lowest BCUT2D eigenvalue weighted by molar-refractivity contribution is 0.415. The molecule has 0 amide bonds. The highest BCUT2D eigenvalue weighted by Crippen LogP contribution is 2.44. The zero-order valence-electron chi connectivity index (χ0n) is 18.7. The highest BCUT2D eigenvalue weighted by Gasteiger charge is 2.27. The van der Waals surface area contributed by atoms with Crippen molar-refractivity contribution in [1.82, 2.24) is 14.4 Å². The van der Waals surface area contributed by atoms with Crippen LogP contribution in [-0.4, -0.2) is 21.5 Å². The Bertz CT molecular complexity index is 1860. The van der Waals surface area contributed by atoms with E-state index in [0.717, 1.165) is 39.0 Å². The largest absolute Gasteiger partial charge is 0.497 e. The molecular weight excluding hydrogens is 436 g/mol. The van der Waals surface area contributed by atoms with Crippen LogP contribution < -0.4 is 10.5 Å². The molecule has 3 heterocycles. The van der Waals surface area contributed by atoms with Crippen molar-refractivity contribution >= 4 is 33.4 Å². The van der Waals surface area contributed by atoms with Gasteiger partial charge in [-0.05, 0) is 48.0 Å². The molecule has 3 N–H and O–H groups in total. The van der Waals surface area contributed by atoms with Crippen molar-refractivity contribution in [1.29, 1.82) is 10.5 Å². The number of nitrogens with zero attached hydrogens (tertiary/aromatic N) is 4. The summed E-state index contributed by atoms with van der Waals surface area (Å²) in [5, 5.41) is 21.5. The summed E-state index contributed by atoms with van der Waals surface area (Å²) < 4.78 is 7.01. The van der Waals surface area contributed by atoms with E-state index in [1.807, 2.05) is 72.8 Å². The first-order valence-corrected chi connectivity index (χ1v) is 10.9. The number of aromatic nitrogens is 3. The van der Waals surface area contributed by atoms with Gasteiger partial charge < -0.3 is 15.5 Å². The molecule has 0 unspecified atom stereocenters. The number of para-hydroxylation sites is 3. The number of benzene rings is 3. The van der Waals surface area contributed by atoms with E-state index < -0.39 is 0 Å². The topological polar surface area (TPSA) is 116 Å². The zero-order valence-corrected chi connectivity index (χ0v) is 18.7. The van der Waals surface area contributed by atoms with E-state index in [1.54, 1.807) is 11.5 Å². The standard InChI is InChI=1S/C28H18N6O/c1-35-17-12-10-16(11-13-17)26-25(18-6-2-3-7-21(18)32-26)24-19(14-29)27(31)34-23-9-5-4-8-22(23)33-28(34)20(24)15-30/h2-13,32H,31H2,1H3. The number of nitrogen functional groups attached to an aromatic ring is 1. The summed E-state index contributed by atoms with van der Waals surface area (Å²) in [7, 11) is 1.62. The third kappa shape index (κ3) is 2.86. The minimum absolute atomic E-state index is 0.233. The minimum atomic E-state index is 0.233. The van der Waals surface area contributed by atoms with E-state index in [4.69, 9.17) is 15.5 Å². The van der Waals surface area contributed by atoms with Crippen molar-refractivity contribution in [3.05, 3.63) is 83.9 Å². The van der Waals surface area contributed by atoms with Crippen molar-refractivity contribution in [2.75, 3.05) is 12.8 Å². The van der Waals surface area contributed by atoms with Gasteiger partial charge in [0.2, 0.25) is 0 Å². The Morgan fingerprint density at radius 3 is 2.34 bits per heavy atom. The fourth-order valence-corrected chi connectivity index (χ4v) is 4.76. The van der Waals surface area contributed by atoms with Gasteiger partial charge in [0.05, 0.1) is 23.8 Å². The summed E-state index contributed by atoms with van der Waals surface area (Å²) in [5.74, 6) is 0.979. The normalized spacial score (nSPS) is 11.1. The Kier molecular flexibility index (Phi) is 4.45. The van der Waals surface area contributed by atoms with Crippen LogP contribution in [0.3, 0.4) is 0 Å². The van der Waals surface area contributed by atoms with E-state index in [2.05, 4.69) is 17.1 Å². The van der Waals surface area contributed by atoms with Crippen LogP contribution in [0.1, 0.15) is 11.1 Å². The van der Waals surface area contributed by atoms with Gasteiger partial charge in [-0.1, -0.05) is 30.3 Å². The zero-order chi connectivity index (χ0) is 24.1. The van der Waals surface area contributed by atoms with Gasteiger partial charge in [0.25, 0.3) is 0 Å². The van der Waals surface area contributed by atoms with Gasteiger partial charge in [-0.2, -0.15) is 10.5 Å². The molecule has 7 heteroatoms. The Labute approximate surface area is 200 Å². The number of anilines is 1. The predicted octanol–water partition coefficient (Wildman–Crippen LogP) is 5.64. The number of hydrogen-bond acceptors (Lipinski definition) is 5. The molecule has 0 atom stereocenters. The van der Waals surface area contributed by atoms with E-state index in [9.17, 15) is 10.5 Å². The second-order valence-corrected chi connectivity index (χ2v) is 8.14. The Morgan fingerprint density at radius 2 is 1.60 bits per heavy atom. The second-order valence-electron chi connectivity index (χ2n) is 8.14. The monoisotopic (exact) mass is 454 g/mol. The molecule has 7 nitrogen and oxygen atoms in total. The van der Waals surface area contributed by atoms with Crippen LogP contribution in [-0.2, 0) is 0 Å². The molecule has 6 aromatic rings. The van der Waals surface area contributed by atoms with Crippen molar-refractivity contribution in [2.45, 2.75) is 0 Å².